The second-order valence-electron chi connectivity index (χ2n) is 2.81. The quantitative estimate of drug-likeness (QED) is 0.627. The summed E-state index contributed by atoms with van der Waals surface area (Å²) in [6, 6.07) is 0. The van der Waals surface area contributed by atoms with Gasteiger partial charge in [-0.1, -0.05) is 13.8 Å². The van der Waals surface area contributed by atoms with Gasteiger partial charge in [0.15, 0.2) is 0 Å². The lowest BCUT2D eigenvalue weighted by Gasteiger charge is -2.32. The van der Waals surface area contributed by atoms with Crippen LogP contribution in [0.3, 0.4) is 0 Å². The van der Waals surface area contributed by atoms with Crippen LogP contribution in [0.25, 0.3) is 0 Å². The highest BCUT2D eigenvalue weighted by Crippen LogP contribution is 2.23. The summed E-state index contributed by atoms with van der Waals surface area (Å²) in [5.74, 6) is -1.39. The van der Waals surface area contributed by atoms with Gasteiger partial charge in [-0.25, -0.2) is 0 Å². The zero-order chi connectivity index (χ0) is 9.61. The van der Waals surface area contributed by atoms with Crippen molar-refractivity contribution in [3.63, 3.8) is 0 Å². The molecule has 12 heavy (non-hydrogen) atoms. The molecule has 0 aromatic carbocycles. The standard InChI is InChI=1S/C9H20O3/c1-5-8(4)9(10,11-6-2)12-7-3/h8,10H,5-7H2,1-4H3. The average Bonchev–Trinajstić information content (AvgIpc) is 2.04. The maximum absolute atomic E-state index is 9.84. The van der Waals surface area contributed by atoms with E-state index < -0.39 is 5.97 Å². The molecule has 0 saturated carbocycles. The molecule has 1 atom stereocenters. The Hall–Kier alpha value is -0.120. The van der Waals surface area contributed by atoms with Gasteiger partial charge in [-0.2, -0.15) is 0 Å². The highest BCUT2D eigenvalue weighted by molar-refractivity contribution is 4.62. The Morgan fingerprint density at radius 2 is 1.58 bits per heavy atom. The van der Waals surface area contributed by atoms with Crippen LogP contribution in [-0.2, 0) is 9.47 Å². The Morgan fingerprint density at radius 1 is 1.17 bits per heavy atom. The summed E-state index contributed by atoms with van der Waals surface area (Å²) < 4.78 is 10.3. The van der Waals surface area contributed by atoms with Gasteiger partial charge in [-0.15, -0.1) is 0 Å². The molecule has 0 aliphatic carbocycles. The van der Waals surface area contributed by atoms with Crippen molar-refractivity contribution >= 4 is 0 Å². The van der Waals surface area contributed by atoms with E-state index in [0.717, 1.165) is 6.42 Å². The Morgan fingerprint density at radius 3 is 1.83 bits per heavy atom. The second-order valence-corrected chi connectivity index (χ2v) is 2.81. The summed E-state index contributed by atoms with van der Waals surface area (Å²) in [5.41, 5.74) is 0. The van der Waals surface area contributed by atoms with E-state index >= 15 is 0 Å². The Bertz CT molecular complexity index is 108. The van der Waals surface area contributed by atoms with Crippen LogP contribution in [0.2, 0.25) is 0 Å². The molecule has 0 bridgehead atoms. The van der Waals surface area contributed by atoms with Gasteiger partial charge in [-0.05, 0) is 20.3 Å². The molecular formula is C9H20O3. The lowest BCUT2D eigenvalue weighted by molar-refractivity contribution is -0.381. The maximum Gasteiger partial charge on any atom is 0.283 e. The Kier molecular flexibility index (Phi) is 5.46. The van der Waals surface area contributed by atoms with Gasteiger partial charge in [0, 0.05) is 19.1 Å². The third kappa shape index (κ3) is 3.09. The van der Waals surface area contributed by atoms with Crippen molar-refractivity contribution in [1.29, 1.82) is 0 Å². The molecule has 3 heteroatoms. The number of hydrogen-bond donors (Lipinski definition) is 1. The minimum atomic E-state index is -1.39. The van der Waals surface area contributed by atoms with Crippen LogP contribution in [0, 0.1) is 5.92 Å². The van der Waals surface area contributed by atoms with E-state index in [4.69, 9.17) is 9.47 Å². The van der Waals surface area contributed by atoms with Crippen LogP contribution in [0.4, 0.5) is 0 Å². The fourth-order valence-corrected chi connectivity index (χ4v) is 0.998. The van der Waals surface area contributed by atoms with Crippen molar-refractivity contribution < 1.29 is 14.6 Å². The van der Waals surface area contributed by atoms with E-state index in [9.17, 15) is 5.11 Å². The van der Waals surface area contributed by atoms with Crippen LogP contribution in [0.5, 0.6) is 0 Å². The van der Waals surface area contributed by atoms with Crippen molar-refractivity contribution in [3.8, 4) is 0 Å². The molecule has 0 rings (SSSR count). The molecule has 0 aromatic rings. The van der Waals surface area contributed by atoms with Gasteiger partial charge in [0.1, 0.15) is 0 Å². The monoisotopic (exact) mass is 176 g/mol. The SMILES string of the molecule is CCOC(O)(OCC)C(C)CC. The molecule has 0 fully saturated rings. The van der Waals surface area contributed by atoms with Crippen molar-refractivity contribution in [2.45, 2.75) is 40.1 Å². The third-order valence-corrected chi connectivity index (χ3v) is 1.94. The zero-order valence-corrected chi connectivity index (χ0v) is 8.46. The van der Waals surface area contributed by atoms with Crippen LogP contribution < -0.4 is 0 Å². The first-order valence-corrected chi connectivity index (χ1v) is 4.60. The largest absolute Gasteiger partial charge is 0.343 e. The summed E-state index contributed by atoms with van der Waals surface area (Å²) in [6.45, 7) is 8.50. The van der Waals surface area contributed by atoms with Crippen LogP contribution in [0.1, 0.15) is 34.1 Å². The molecule has 0 saturated heterocycles. The third-order valence-electron chi connectivity index (χ3n) is 1.94. The maximum atomic E-state index is 9.84. The molecule has 3 nitrogen and oxygen atoms in total. The van der Waals surface area contributed by atoms with E-state index in [-0.39, 0.29) is 5.92 Å². The fourth-order valence-electron chi connectivity index (χ4n) is 0.998. The summed E-state index contributed by atoms with van der Waals surface area (Å²) in [7, 11) is 0. The number of ether oxygens (including phenoxy) is 2. The lowest BCUT2D eigenvalue weighted by atomic mass is 10.1. The molecule has 0 heterocycles. The Balaban J connectivity index is 4.15. The molecule has 0 aliphatic heterocycles. The highest BCUT2D eigenvalue weighted by atomic mass is 16.8. The number of rotatable bonds is 6. The van der Waals surface area contributed by atoms with Gasteiger partial charge >= 0.3 is 0 Å². The molecule has 1 unspecified atom stereocenters. The summed E-state index contributed by atoms with van der Waals surface area (Å²) in [6.07, 6.45) is 0.830. The van der Waals surface area contributed by atoms with Gasteiger partial charge < -0.3 is 14.6 Å². The van der Waals surface area contributed by atoms with Gasteiger partial charge in [0.25, 0.3) is 5.97 Å². The lowest BCUT2D eigenvalue weighted by Crippen LogP contribution is -2.42. The highest BCUT2D eigenvalue weighted by Gasteiger charge is 2.34. The van der Waals surface area contributed by atoms with Crippen LogP contribution in [0.15, 0.2) is 0 Å². The molecule has 0 spiro atoms. The summed E-state index contributed by atoms with van der Waals surface area (Å²) >= 11 is 0. The van der Waals surface area contributed by atoms with E-state index in [1.807, 2.05) is 27.7 Å². The van der Waals surface area contributed by atoms with E-state index in [2.05, 4.69) is 0 Å². The molecular weight excluding hydrogens is 156 g/mol. The summed E-state index contributed by atoms with van der Waals surface area (Å²) in [5, 5.41) is 9.84. The average molecular weight is 176 g/mol. The van der Waals surface area contributed by atoms with Crippen molar-refractivity contribution in [3.05, 3.63) is 0 Å². The molecule has 0 aromatic heterocycles. The van der Waals surface area contributed by atoms with Crippen LogP contribution in [-0.4, -0.2) is 24.3 Å². The van der Waals surface area contributed by atoms with Gasteiger partial charge in [0.2, 0.25) is 0 Å². The first-order valence-electron chi connectivity index (χ1n) is 4.60. The zero-order valence-electron chi connectivity index (χ0n) is 8.46. The summed E-state index contributed by atoms with van der Waals surface area (Å²) in [4.78, 5) is 0. The smallest absolute Gasteiger partial charge is 0.283 e. The predicted octanol–water partition coefficient (Wildman–Crippen LogP) is 1.75. The molecule has 74 valence electrons. The first kappa shape index (κ1) is 11.9. The van der Waals surface area contributed by atoms with E-state index in [1.54, 1.807) is 0 Å². The van der Waals surface area contributed by atoms with Gasteiger partial charge in [0.05, 0.1) is 0 Å². The normalized spacial score (nSPS) is 14.8. The van der Waals surface area contributed by atoms with Gasteiger partial charge in [-0.3, -0.25) is 0 Å². The topological polar surface area (TPSA) is 38.7 Å². The molecule has 0 aliphatic rings. The minimum absolute atomic E-state index is 0.00241. The number of hydrogen-bond acceptors (Lipinski definition) is 3. The number of aliphatic hydroxyl groups is 1. The predicted molar refractivity (Wildman–Crippen MR) is 47.7 cm³/mol. The fraction of sp³-hybridized carbons (Fsp3) is 1.00. The Labute approximate surface area is 74.7 Å². The van der Waals surface area contributed by atoms with Crippen LogP contribution >= 0.6 is 0 Å². The van der Waals surface area contributed by atoms with Crippen molar-refractivity contribution in [1.82, 2.24) is 0 Å². The minimum Gasteiger partial charge on any atom is -0.343 e. The molecule has 0 amide bonds. The second kappa shape index (κ2) is 5.51. The van der Waals surface area contributed by atoms with E-state index in [1.165, 1.54) is 0 Å². The molecule has 1 N–H and O–H groups in total. The molecule has 0 radical (unpaired) electrons. The first-order chi connectivity index (χ1) is 5.60. The van der Waals surface area contributed by atoms with E-state index in [0.29, 0.717) is 13.2 Å². The van der Waals surface area contributed by atoms with Crippen molar-refractivity contribution in [2.24, 2.45) is 5.92 Å². The van der Waals surface area contributed by atoms with Crippen molar-refractivity contribution in [2.75, 3.05) is 13.2 Å².